The van der Waals surface area contributed by atoms with E-state index < -0.39 is 0 Å². The van der Waals surface area contributed by atoms with Crippen LogP contribution in [-0.2, 0) is 11.2 Å². The van der Waals surface area contributed by atoms with Crippen LogP contribution < -0.4 is 5.32 Å². The highest BCUT2D eigenvalue weighted by Gasteiger charge is 2.13. The predicted molar refractivity (Wildman–Crippen MR) is 74.8 cm³/mol. The summed E-state index contributed by atoms with van der Waals surface area (Å²) in [5.74, 6) is -0.106. The minimum Gasteiger partial charge on any atom is -0.379 e. The molecule has 0 spiro atoms. The van der Waals surface area contributed by atoms with E-state index in [0.29, 0.717) is 6.04 Å². The van der Waals surface area contributed by atoms with Gasteiger partial charge in [-0.3, -0.25) is 4.90 Å². The van der Waals surface area contributed by atoms with Crippen LogP contribution in [0.2, 0.25) is 0 Å². The van der Waals surface area contributed by atoms with Crippen molar-refractivity contribution >= 4 is 0 Å². The molecule has 1 aliphatic heterocycles. The average molecular weight is 266 g/mol. The summed E-state index contributed by atoms with van der Waals surface area (Å²) in [5, 5.41) is 3.46. The van der Waals surface area contributed by atoms with Crippen molar-refractivity contribution in [2.24, 2.45) is 0 Å². The lowest BCUT2D eigenvalue weighted by Gasteiger charge is -2.29. The lowest BCUT2D eigenvalue weighted by atomic mass is 10.1. The number of rotatable bonds is 6. The Hall–Kier alpha value is -0.970. The number of nitrogens with one attached hydrogen (secondary N) is 1. The van der Waals surface area contributed by atoms with Crippen molar-refractivity contribution in [3.05, 3.63) is 35.6 Å². The third-order valence-electron chi connectivity index (χ3n) is 3.48. The molecule has 3 nitrogen and oxygen atoms in total. The van der Waals surface area contributed by atoms with E-state index in [1.54, 1.807) is 6.07 Å². The molecule has 0 aromatic heterocycles. The quantitative estimate of drug-likeness (QED) is 0.848. The van der Waals surface area contributed by atoms with Crippen molar-refractivity contribution in [2.75, 3.05) is 39.4 Å². The van der Waals surface area contributed by atoms with Crippen molar-refractivity contribution in [2.45, 2.75) is 19.4 Å². The molecule has 0 bridgehead atoms. The molecule has 19 heavy (non-hydrogen) atoms. The van der Waals surface area contributed by atoms with Crippen molar-refractivity contribution in [1.82, 2.24) is 10.2 Å². The van der Waals surface area contributed by atoms with E-state index >= 15 is 0 Å². The van der Waals surface area contributed by atoms with Crippen LogP contribution in [0.1, 0.15) is 12.5 Å². The lowest BCUT2D eigenvalue weighted by molar-refractivity contribution is 0.0344. The summed E-state index contributed by atoms with van der Waals surface area (Å²) in [7, 11) is 0. The van der Waals surface area contributed by atoms with Crippen LogP contribution in [-0.4, -0.2) is 50.3 Å². The Morgan fingerprint density at radius 1 is 1.32 bits per heavy atom. The first kappa shape index (κ1) is 14.4. The lowest BCUT2D eigenvalue weighted by Crippen LogP contribution is -2.44. The van der Waals surface area contributed by atoms with Gasteiger partial charge in [-0.2, -0.15) is 0 Å². The number of morpholine rings is 1. The number of halogens is 1. The Morgan fingerprint density at radius 3 is 2.79 bits per heavy atom. The zero-order valence-electron chi connectivity index (χ0n) is 11.6. The Labute approximate surface area is 114 Å². The summed E-state index contributed by atoms with van der Waals surface area (Å²) in [5.41, 5.74) is 0.786. The number of nitrogens with zero attached hydrogens (tertiary/aromatic N) is 1. The van der Waals surface area contributed by atoms with Crippen LogP contribution in [0.25, 0.3) is 0 Å². The van der Waals surface area contributed by atoms with Crippen LogP contribution in [0.4, 0.5) is 4.39 Å². The number of hydrogen-bond acceptors (Lipinski definition) is 3. The molecule has 1 aromatic rings. The monoisotopic (exact) mass is 266 g/mol. The van der Waals surface area contributed by atoms with Gasteiger partial charge in [-0.25, -0.2) is 4.39 Å². The maximum Gasteiger partial charge on any atom is 0.126 e. The first-order chi connectivity index (χ1) is 9.25. The van der Waals surface area contributed by atoms with Crippen molar-refractivity contribution in [3.63, 3.8) is 0 Å². The van der Waals surface area contributed by atoms with Gasteiger partial charge in [0.25, 0.3) is 0 Å². The molecule has 1 N–H and O–H groups in total. The Bertz CT molecular complexity index is 380. The fourth-order valence-electron chi connectivity index (χ4n) is 2.39. The second-order valence-corrected chi connectivity index (χ2v) is 5.11. The molecular weight excluding hydrogens is 243 g/mol. The Kier molecular flexibility index (Phi) is 5.76. The zero-order chi connectivity index (χ0) is 13.5. The van der Waals surface area contributed by atoms with E-state index in [9.17, 15) is 4.39 Å². The van der Waals surface area contributed by atoms with Crippen LogP contribution in [0.5, 0.6) is 0 Å². The van der Waals surface area contributed by atoms with Gasteiger partial charge in [0.05, 0.1) is 13.2 Å². The second kappa shape index (κ2) is 7.58. The van der Waals surface area contributed by atoms with E-state index in [4.69, 9.17) is 4.74 Å². The van der Waals surface area contributed by atoms with Gasteiger partial charge in [0.2, 0.25) is 0 Å². The zero-order valence-corrected chi connectivity index (χ0v) is 11.6. The summed E-state index contributed by atoms with van der Waals surface area (Å²) in [6, 6.07) is 7.41. The highest BCUT2D eigenvalue weighted by atomic mass is 19.1. The van der Waals surface area contributed by atoms with Crippen LogP contribution in [0.15, 0.2) is 24.3 Å². The maximum atomic E-state index is 13.4. The van der Waals surface area contributed by atoms with Crippen molar-refractivity contribution in [3.8, 4) is 0 Å². The van der Waals surface area contributed by atoms with Gasteiger partial charge in [-0.15, -0.1) is 0 Å². The van der Waals surface area contributed by atoms with Crippen LogP contribution >= 0.6 is 0 Å². The average Bonchev–Trinajstić information content (AvgIpc) is 2.42. The molecule has 106 valence electrons. The SMILES string of the molecule is CC(CN1CCOCC1)NCCc1ccccc1F. The van der Waals surface area contributed by atoms with Gasteiger partial charge in [0.1, 0.15) is 5.82 Å². The molecule has 1 fully saturated rings. The number of hydrogen-bond donors (Lipinski definition) is 1. The van der Waals surface area contributed by atoms with Gasteiger partial charge in [0, 0.05) is 25.7 Å². The molecule has 0 aliphatic carbocycles. The van der Waals surface area contributed by atoms with Crippen LogP contribution in [0.3, 0.4) is 0 Å². The van der Waals surface area contributed by atoms with E-state index in [2.05, 4.69) is 17.1 Å². The van der Waals surface area contributed by atoms with Gasteiger partial charge in [-0.05, 0) is 31.5 Å². The molecule has 1 aromatic carbocycles. The summed E-state index contributed by atoms with van der Waals surface area (Å²) >= 11 is 0. The maximum absolute atomic E-state index is 13.4. The molecule has 1 aliphatic rings. The first-order valence-electron chi connectivity index (χ1n) is 7.02. The topological polar surface area (TPSA) is 24.5 Å². The molecule has 0 amide bonds. The minimum absolute atomic E-state index is 0.106. The van der Waals surface area contributed by atoms with E-state index in [0.717, 1.165) is 51.4 Å². The fraction of sp³-hybridized carbons (Fsp3) is 0.600. The third-order valence-corrected chi connectivity index (χ3v) is 3.48. The van der Waals surface area contributed by atoms with Crippen molar-refractivity contribution in [1.29, 1.82) is 0 Å². The molecule has 0 saturated carbocycles. The molecular formula is C15H23FN2O. The summed E-state index contributed by atoms with van der Waals surface area (Å²) in [6.07, 6.45) is 0.736. The first-order valence-corrected chi connectivity index (χ1v) is 7.02. The van der Waals surface area contributed by atoms with Crippen molar-refractivity contribution < 1.29 is 9.13 Å². The number of ether oxygens (including phenoxy) is 1. The summed E-state index contributed by atoms with van der Waals surface area (Å²) in [6.45, 7) is 7.71. The fourth-order valence-corrected chi connectivity index (χ4v) is 2.39. The molecule has 1 unspecified atom stereocenters. The standard InChI is InChI=1S/C15H23FN2O/c1-13(12-18-8-10-19-11-9-18)17-7-6-14-4-2-3-5-15(14)16/h2-5,13,17H,6-12H2,1H3. The van der Waals surface area contributed by atoms with E-state index in [-0.39, 0.29) is 5.82 Å². The Balaban J connectivity index is 1.66. The predicted octanol–water partition coefficient (Wildman–Crippen LogP) is 1.68. The number of benzene rings is 1. The summed E-state index contributed by atoms with van der Waals surface area (Å²) < 4.78 is 18.8. The molecule has 0 radical (unpaired) electrons. The van der Waals surface area contributed by atoms with Gasteiger partial charge >= 0.3 is 0 Å². The van der Waals surface area contributed by atoms with E-state index in [1.165, 1.54) is 6.07 Å². The Morgan fingerprint density at radius 2 is 2.05 bits per heavy atom. The van der Waals surface area contributed by atoms with Gasteiger partial charge in [0.15, 0.2) is 0 Å². The largest absolute Gasteiger partial charge is 0.379 e. The molecule has 2 rings (SSSR count). The second-order valence-electron chi connectivity index (χ2n) is 5.11. The van der Waals surface area contributed by atoms with Gasteiger partial charge in [-0.1, -0.05) is 18.2 Å². The molecule has 1 atom stereocenters. The highest BCUT2D eigenvalue weighted by Crippen LogP contribution is 2.06. The third kappa shape index (κ3) is 4.90. The normalized spacial score (nSPS) is 18.4. The minimum atomic E-state index is -0.106. The van der Waals surface area contributed by atoms with E-state index in [1.807, 2.05) is 12.1 Å². The molecule has 4 heteroatoms. The van der Waals surface area contributed by atoms with Crippen LogP contribution in [0, 0.1) is 5.82 Å². The molecule has 1 heterocycles. The smallest absolute Gasteiger partial charge is 0.126 e. The summed E-state index contributed by atoms with van der Waals surface area (Å²) in [4.78, 5) is 2.41. The van der Waals surface area contributed by atoms with Gasteiger partial charge < -0.3 is 10.1 Å². The highest BCUT2D eigenvalue weighted by molar-refractivity contribution is 5.17. The molecule has 1 saturated heterocycles.